The fourth-order valence-corrected chi connectivity index (χ4v) is 3.79. The molecular formula is C22H22F3N3O6. The van der Waals surface area contributed by atoms with E-state index < -0.39 is 47.9 Å². The second kappa shape index (κ2) is 8.84. The smallest absolute Gasteiger partial charge is 0.462 e. The Labute approximate surface area is 192 Å². The van der Waals surface area contributed by atoms with Gasteiger partial charge in [-0.15, -0.1) is 13.2 Å². The van der Waals surface area contributed by atoms with Crippen LogP contribution in [0.5, 0.6) is 5.75 Å². The topological polar surface area (TPSA) is 118 Å². The molecule has 3 amide bonds. The van der Waals surface area contributed by atoms with Gasteiger partial charge in [0.05, 0.1) is 24.4 Å². The van der Waals surface area contributed by atoms with Crippen LogP contribution in [0.4, 0.5) is 18.0 Å². The largest absolute Gasteiger partial charge is 0.573 e. The van der Waals surface area contributed by atoms with E-state index in [1.54, 1.807) is 20.8 Å². The molecular weight excluding hydrogens is 459 g/mol. The summed E-state index contributed by atoms with van der Waals surface area (Å²) < 4.78 is 45.9. The number of hydrogen-bond donors (Lipinski definition) is 2. The molecule has 0 radical (unpaired) electrons. The standard InChI is InChI=1S/C22H22F3N3O6/c1-5-33-18(30)16-11(2)17(26-12(16)3)15(29)10-28-19(31)21(4,27-20(28)32)13-6-8-14(9-7-13)34-22(23,24)25/h6-9,26H,5,10H2,1-4H3,(H,27,32). The van der Waals surface area contributed by atoms with Gasteiger partial charge in [0.1, 0.15) is 11.3 Å². The molecule has 1 saturated heterocycles. The predicted molar refractivity (Wildman–Crippen MR) is 111 cm³/mol. The minimum absolute atomic E-state index is 0.0587. The van der Waals surface area contributed by atoms with Crippen molar-refractivity contribution in [2.24, 2.45) is 0 Å². The number of ether oxygens (including phenoxy) is 2. The zero-order chi connectivity index (χ0) is 25.4. The summed E-state index contributed by atoms with van der Waals surface area (Å²) in [6.45, 7) is 5.69. The summed E-state index contributed by atoms with van der Waals surface area (Å²) in [6, 6.07) is 3.62. The number of hydrogen-bond acceptors (Lipinski definition) is 6. The Bertz CT molecular complexity index is 1160. The van der Waals surface area contributed by atoms with Gasteiger partial charge >= 0.3 is 18.4 Å². The highest BCUT2D eigenvalue weighted by Gasteiger charge is 2.49. The highest BCUT2D eigenvalue weighted by molar-refractivity contribution is 6.11. The number of carbonyl (C=O) groups excluding carboxylic acids is 4. The second-order valence-corrected chi connectivity index (χ2v) is 7.79. The number of H-pyrrole nitrogens is 1. The quantitative estimate of drug-likeness (QED) is 0.356. The lowest BCUT2D eigenvalue weighted by molar-refractivity contribution is -0.274. The van der Waals surface area contributed by atoms with E-state index in [2.05, 4.69) is 15.0 Å². The second-order valence-electron chi connectivity index (χ2n) is 7.79. The average molecular weight is 481 g/mol. The molecule has 2 heterocycles. The van der Waals surface area contributed by atoms with E-state index in [1.807, 2.05) is 0 Å². The summed E-state index contributed by atoms with van der Waals surface area (Å²) in [6.07, 6.45) is -4.87. The van der Waals surface area contributed by atoms with Crippen molar-refractivity contribution in [1.29, 1.82) is 0 Å². The number of carbonyl (C=O) groups is 4. The average Bonchev–Trinajstić information content (AvgIpc) is 3.15. The van der Waals surface area contributed by atoms with Crippen LogP contribution in [-0.2, 0) is 15.1 Å². The number of alkyl halides is 3. The molecule has 1 aromatic heterocycles. The third-order valence-corrected chi connectivity index (χ3v) is 5.44. The summed E-state index contributed by atoms with van der Waals surface area (Å²) >= 11 is 0. The minimum Gasteiger partial charge on any atom is -0.462 e. The summed E-state index contributed by atoms with van der Waals surface area (Å²) in [5.74, 6) is -2.47. The fraction of sp³-hybridized carbons (Fsp3) is 0.364. The van der Waals surface area contributed by atoms with Crippen LogP contribution in [-0.4, -0.2) is 53.1 Å². The lowest BCUT2D eigenvalue weighted by Gasteiger charge is -2.22. The van der Waals surface area contributed by atoms with Crippen LogP contribution < -0.4 is 10.1 Å². The van der Waals surface area contributed by atoms with E-state index >= 15 is 0 Å². The zero-order valence-electron chi connectivity index (χ0n) is 18.8. The molecule has 0 bridgehead atoms. The van der Waals surface area contributed by atoms with E-state index in [0.29, 0.717) is 16.2 Å². The van der Waals surface area contributed by atoms with Crippen molar-refractivity contribution >= 4 is 23.7 Å². The normalized spacial score (nSPS) is 18.1. The number of nitrogens with one attached hydrogen (secondary N) is 2. The lowest BCUT2D eigenvalue weighted by Crippen LogP contribution is -2.41. The first kappa shape index (κ1) is 24.8. The van der Waals surface area contributed by atoms with Crippen molar-refractivity contribution in [3.8, 4) is 5.75 Å². The van der Waals surface area contributed by atoms with Gasteiger partial charge in [0.2, 0.25) is 0 Å². The van der Waals surface area contributed by atoms with Gasteiger partial charge in [-0.05, 0) is 51.0 Å². The molecule has 0 spiro atoms. The number of aryl methyl sites for hydroxylation is 1. The molecule has 1 aromatic carbocycles. The molecule has 0 aliphatic carbocycles. The number of aromatic nitrogens is 1. The van der Waals surface area contributed by atoms with E-state index in [-0.39, 0.29) is 23.4 Å². The summed E-state index contributed by atoms with van der Waals surface area (Å²) in [5, 5.41) is 2.47. The number of aromatic amines is 1. The Morgan fingerprint density at radius 3 is 2.29 bits per heavy atom. The van der Waals surface area contributed by atoms with Gasteiger partial charge < -0.3 is 19.8 Å². The monoisotopic (exact) mass is 481 g/mol. The fourth-order valence-electron chi connectivity index (χ4n) is 3.79. The van der Waals surface area contributed by atoms with Gasteiger partial charge in [0.15, 0.2) is 5.78 Å². The number of ketones is 1. The Hall–Kier alpha value is -3.83. The number of benzene rings is 1. The van der Waals surface area contributed by atoms with Crippen LogP contribution in [0.1, 0.15) is 51.5 Å². The molecule has 9 nitrogen and oxygen atoms in total. The third-order valence-electron chi connectivity index (χ3n) is 5.44. The van der Waals surface area contributed by atoms with E-state index in [9.17, 15) is 32.3 Å². The number of amides is 3. The van der Waals surface area contributed by atoms with E-state index in [1.165, 1.54) is 19.1 Å². The Balaban J connectivity index is 1.81. The van der Waals surface area contributed by atoms with Crippen molar-refractivity contribution in [3.05, 3.63) is 52.3 Å². The number of halogens is 3. The first-order valence-electron chi connectivity index (χ1n) is 10.2. The summed E-state index contributed by atoms with van der Waals surface area (Å²) in [4.78, 5) is 54.2. The number of Topliss-reactive ketones (excluding diaryl/α,β-unsaturated/α-hetero) is 1. The molecule has 1 fully saturated rings. The maximum Gasteiger partial charge on any atom is 0.573 e. The van der Waals surface area contributed by atoms with Gasteiger partial charge in [-0.25, -0.2) is 9.59 Å². The zero-order valence-corrected chi connectivity index (χ0v) is 18.8. The Kier molecular flexibility index (Phi) is 6.45. The summed E-state index contributed by atoms with van der Waals surface area (Å²) in [5.41, 5.74) is -0.410. The van der Waals surface area contributed by atoms with Gasteiger partial charge in [0, 0.05) is 5.69 Å². The van der Waals surface area contributed by atoms with Crippen molar-refractivity contribution in [2.75, 3.05) is 13.2 Å². The first-order chi connectivity index (χ1) is 15.8. The highest BCUT2D eigenvalue weighted by Crippen LogP contribution is 2.31. The molecule has 1 atom stereocenters. The van der Waals surface area contributed by atoms with E-state index in [0.717, 1.165) is 12.1 Å². The number of nitrogens with zero attached hydrogens (tertiary/aromatic N) is 1. The van der Waals surface area contributed by atoms with Gasteiger partial charge in [-0.2, -0.15) is 0 Å². The first-order valence-corrected chi connectivity index (χ1v) is 10.2. The van der Waals surface area contributed by atoms with Crippen LogP contribution in [0.3, 0.4) is 0 Å². The molecule has 12 heteroatoms. The maximum atomic E-state index is 13.1. The molecule has 1 aliphatic heterocycles. The molecule has 34 heavy (non-hydrogen) atoms. The maximum absolute atomic E-state index is 13.1. The molecule has 2 N–H and O–H groups in total. The van der Waals surface area contributed by atoms with Gasteiger partial charge in [-0.1, -0.05) is 12.1 Å². The summed E-state index contributed by atoms with van der Waals surface area (Å²) in [7, 11) is 0. The third kappa shape index (κ3) is 4.61. The van der Waals surface area contributed by atoms with Crippen LogP contribution in [0.25, 0.3) is 0 Å². The molecule has 2 aromatic rings. The minimum atomic E-state index is -4.87. The van der Waals surface area contributed by atoms with Crippen LogP contribution in [0, 0.1) is 13.8 Å². The molecule has 1 unspecified atom stereocenters. The molecule has 1 aliphatic rings. The van der Waals surface area contributed by atoms with Crippen molar-refractivity contribution in [2.45, 2.75) is 39.6 Å². The highest BCUT2D eigenvalue weighted by atomic mass is 19.4. The van der Waals surface area contributed by atoms with E-state index in [4.69, 9.17) is 4.74 Å². The number of urea groups is 1. The SMILES string of the molecule is CCOC(=O)c1c(C)[nH]c(C(=O)CN2C(=O)NC(C)(c3ccc(OC(F)(F)F)cc3)C2=O)c1C. The van der Waals surface area contributed by atoms with Crippen molar-refractivity contribution < 1.29 is 41.8 Å². The number of imide groups is 1. The van der Waals surface area contributed by atoms with Gasteiger partial charge in [-0.3, -0.25) is 14.5 Å². The van der Waals surface area contributed by atoms with Crippen LogP contribution >= 0.6 is 0 Å². The Morgan fingerprint density at radius 2 is 1.74 bits per heavy atom. The van der Waals surface area contributed by atoms with Crippen LogP contribution in [0.2, 0.25) is 0 Å². The molecule has 182 valence electrons. The Morgan fingerprint density at radius 1 is 1.12 bits per heavy atom. The molecule has 0 saturated carbocycles. The lowest BCUT2D eigenvalue weighted by atomic mass is 9.92. The number of rotatable bonds is 7. The molecule has 3 rings (SSSR count). The van der Waals surface area contributed by atoms with Crippen molar-refractivity contribution in [1.82, 2.24) is 15.2 Å². The van der Waals surface area contributed by atoms with Crippen LogP contribution in [0.15, 0.2) is 24.3 Å². The predicted octanol–water partition coefficient (Wildman–Crippen LogP) is 3.36. The number of esters is 1. The van der Waals surface area contributed by atoms with Crippen molar-refractivity contribution in [3.63, 3.8) is 0 Å². The van der Waals surface area contributed by atoms with Gasteiger partial charge in [0.25, 0.3) is 5.91 Å².